The molecule has 6 rings (SSSR count). The predicted octanol–water partition coefficient (Wildman–Crippen LogP) is 13.1. The first kappa shape index (κ1) is 86.1. The minimum absolute atomic E-state index is 0.0164. The van der Waals surface area contributed by atoms with Crippen molar-refractivity contribution in [1.29, 1.82) is 0 Å². The lowest BCUT2D eigenvalue weighted by atomic mass is 10.1. The normalized spacial score (nSPS) is 23.9. The van der Waals surface area contributed by atoms with Crippen molar-refractivity contribution >= 4 is 48.7 Å². The lowest BCUT2D eigenvalue weighted by Crippen LogP contribution is -2.46. The molecule has 99 heavy (non-hydrogen) atoms. The minimum Gasteiger partial charge on any atom is -0.756 e. The van der Waals surface area contributed by atoms with Gasteiger partial charge in [0.05, 0.1) is 64.6 Å². The molecule has 0 aromatic carbocycles. The number of aliphatic hydroxyl groups excluding tert-OH is 1. The number of likely N-dealkylation sites (N-methyl/N-ethyl adjacent to an activating group) is 3. The number of guanidine groups is 3. The molecule has 30 heteroatoms. The van der Waals surface area contributed by atoms with Crippen LogP contribution >= 0.6 is 30.8 Å². The molecule has 578 valence electrons. The van der Waals surface area contributed by atoms with Crippen LogP contribution in [0.25, 0.3) is 0 Å². The molecule has 6 saturated heterocycles. The first-order valence-corrected chi connectivity index (χ1v) is 45.3. The summed E-state index contributed by atoms with van der Waals surface area (Å²) in [4.78, 5) is 37.3. The fourth-order valence-corrected chi connectivity index (χ4v) is 19.8. The van der Waals surface area contributed by atoms with Gasteiger partial charge in [0.1, 0.15) is 0 Å². The number of nitrogens with zero attached hydrogens (tertiary/aromatic N) is 12. The Bertz CT molecular complexity index is 2500. The summed E-state index contributed by atoms with van der Waals surface area (Å²) in [6.07, 6.45) is 36.7. The predicted molar refractivity (Wildman–Crippen MR) is 396 cm³/mol. The van der Waals surface area contributed by atoms with E-state index in [-0.39, 0.29) is 92.1 Å². The van der Waals surface area contributed by atoms with E-state index in [9.17, 15) is 18.9 Å². The molecular weight excluding hydrogens is 1340 g/mol. The Kier molecular flexibility index (Phi) is 42.1. The summed E-state index contributed by atoms with van der Waals surface area (Å²) in [5.74, 6) is 1.65. The number of morpholine rings is 3. The molecule has 6 aliphatic heterocycles. The quantitative estimate of drug-likeness (QED) is 0.0423. The number of phosphoric ester groups is 1. The second-order valence-corrected chi connectivity index (χ2v) is 35.7. The molecule has 0 saturated carbocycles. The van der Waals surface area contributed by atoms with Crippen molar-refractivity contribution in [2.45, 2.75) is 257 Å². The largest absolute Gasteiger partial charge is 0.756 e. The Balaban J connectivity index is 1.18. The van der Waals surface area contributed by atoms with E-state index in [1.54, 1.807) is 9.34 Å². The zero-order chi connectivity index (χ0) is 71.0. The molecular formula is C69H137N12O14P4-. The molecule has 6 aliphatic rings. The van der Waals surface area contributed by atoms with E-state index in [2.05, 4.69) is 40.2 Å². The SMILES string of the molecule is CCCCCCCCCCCCN1CCN(C)C1=NP(=O)(O)N1CCO[C@@H](COP(=O)(N=C2N(C)CCN2CCCCCCCCCCCC)N2CCO[C@@H](COP(=O)(N=C3N(C)CCN3CCCCCCCCCCCC)N3CCO[C@@H](COP(=O)([O-])OCCCCCCO)C3)C2)C1. The van der Waals surface area contributed by atoms with Gasteiger partial charge in [0.2, 0.25) is 17.9 Å². The van der Waals surface area contributed by atoms with Crippen LogP contribution in [-0.4, -0.2) is 262 Å². The van der Waals surface area contributed by atoms with Gasteiger partial charge in [0, 0.05) is 126 Å². The van der Waals surface area contributed by atoms with Crippen LogP contribution in [0, 0.1) is 0 Å². The van der Waals surface area contributed by atoms with Gasteiger partial charge in [0.15, 0.2) is 0 Å². The zero-order valence-corrected chi connectivity index (χ0v) is 66.1. The summed E-state index contributed by atoms with van der Waals surface area (Å²) in [7, 11) is -11.6. The standard InChI is InChI=1S/C69H138N12O14P4/c1-7-10-13-16-19-22-25-28-31-36-41-76-47-44-73(4)67(76)70-96(83,84)79-50-55-89-64(58-79)61-93-97(85,71-68-74(5)45-48-77(68)42-37-32-29-26-23-20-17-14-11-8-2)80-51-56-90-65(59-80)62-94-98(86,72-69-75(6)46-49-78(69)43-38-33-30-27-24-21-18-15-12-9-3)81-52-57-91-66(60-81)63-95-99(87,88)92-54-40-35-34-39-53-82/h64-66,82H,7-63H2,1-6H3,(H,83,84)(H,87,88)/p-1/t64-,65-,66-,97?,98?/m1/s1. The highest BCUT2D eigenvalue weighted by molar-refractivity contribution is 7.55. The molecule has 0 amide bonds. The van der Waals surface area contributed by atoms with Gasteiger partial charge in [-0.3, -0.25) is 13.6 Å². The van der Waals surface area contributed by atoms with Gasteiger partial charge in [-0.2, -0.15) is 14.3 Å². The smallest absolute Gasteiger partial charge is 0.393 e. The molecule has 0 aromatic heterocycles. The van der Waals surface area contributed by atoms with E-state index in [0.29, 0.717) is 69.9 Å². The van der Waals surface area contributed by atoms with Gasteiger partial charge in [0.25, 0.3) is 7.82 Å². The monoisotopic (exact) mass is 1480 g/mol. The van der Waals surface area contributed by atoms with Crippen LogP contribution in [0.2, 0.25) is 0 Å². The molecule has 0 aromatic rings. The summed E-state index contributed by atoms with van der Waals surface area (Å²) in [5.41, 5.74) is 0. The van der Waals surface area contributed by atoms with Crippen molar-refractivity contribution in [3.8, 4) is 0 Å². The lowest BCUT2D eigenvalue weighted by Gasteiger charge is -2.39. The van der Waals surface area contributed by atoms with E-state index in [1.165, 1.54) is 146 Å². The van der Waals surface area contributed by atoms with Crippen LogP contribution in [0.5, 0.6) is 0 Å². The van der Waals surface area contributed by atoms with Crippen molar-refractivity contribution in [2.75, 3.05) is 172 Å². The van der Waals surface area contributed by atoms with Gasteiger partial charge >= 0.3 is 23.0 Å². The van der Waals surface area contributed by atoms with E-state index in [1.807, 2.05) is 35.8 Å². The maximum Gasteiger partial charge on any atom is 0.393 e. The molecule has 0 aliphatic carbocycles. The van der Waals surface area contributed by atoms with E-state index in [4.69, 9.17) is 46.9 Å². The molecule has 2 N–H and O–H groups in total. The number of rotatable bonds is 55. The minimum atomic E-state index is -4.71. The van der Waals surface area contributed by atoms with Crippen molar-refractivity contribution in [2.24, 2.45) is 14.3 Å². The van der Waals surface area contributed by atoms with E-state index in [0.717, 1.165) is 84.0 Å². The fraction of sp³-hybridized carbons (Fsp3) is 0.957. The van der Waals surface area contributed by atoms with Crippen LogP contribution in [0.3, 0.4) is 0 Å². The van der Waals surface area contributed by atoms with Crippen LogP contribution < -0.4 is 4.89 Å². The summed E-state index contributed by atoms with van der Waals surface area (Å²) >= 11 is 0. The summed E-state index contributed by atoms with van der Waals surface area (Å²) in [5, 5.41) is 9.13. The molecule has 0 radical (unpaired) electrons. The lowest BCUT2D eigenvalue weighted by molar-refractivity contribution is -0.228. The fourth-order valence-electron chi connectivity index (χ4n) is 13.7. The summed E-state index contributed by atoms with van der Waals surface area (Å²) < 4.78 is 122. The molecule has 6 fully saturated rings. The second kappa shape index (κ2) is 48.4. The number of hydrogen-bond acceptors (Lipinski definition) is 13. The third kappa shape index (κ3) is 32.1. The zero-order valence-electron chi connectivity index (χ0n) is 62.5. The molecule has 4 unspecified atom stereocenters. The Hall–Kier alpha value is -1.79. The molecule has 7 atom stereocenters. The molecule has 26 nitrogen and oxygen atoms in total. The Morgan fingerprint density at radius 2 is 0.697 bits per heavy atom. The Morgan fingerprint density at radius 1 is 0.394 bits per heavy atom. The van der Waals surface area contributed by atoms with E-state index >= 15 is 9.13 Å². The topological polar surface area (TPSA) is 263 Å². The molecule has 0 spiro atoms. The summed E-state index contributed by atoms with van der Waals surface area (Å²) in [6.45, 7) is 13.4. The number of phosphoric acid groups is 1. The van der Waals surface area contributed by atoms with E-state index < -0.39 is 49.1 Å². The summed E-state index contributed by atoms with van der Waals surface area (Å²) in [6, 6.07) is 0. The van der Waals surface area contributed by atoms with Gasteiger partial charge in [-0.25, -0.2) is 27.7 Å². The van der Waals surface area contributed by atoms with Gasteiger partial charge in [-0.1, -0.05) is 207 Å². The van der Waals surface area contributed by atoms with Crippen LogP contribution in [0.1, 0.15) is 239 Å². The van der Waals surface area contributed by atoms with Crippen LogP contribution in [0.15, 0.2) is 14.3 Å². The number of aliphatic hydroxyl groups is 1. The molecule has 0 bridgehead atoms. The third-order valence-electron chi connectivity index (χ3n) is 20.0. The van der Waals surface area contributed by atoms with Crippen molar-refractivity contribution < 1.29 is 65.5 Å². The van der Waals surface area contributed by atoms with Crippen molar-refractivity contribution in [3.05, 3.63) is 0 Å². The Morgan fingerprint density at radius 3 is 1.06 bits per heavy atom. The number of hydrogen-bond donors (Lipinski definition) is 2. The van der Waals surface area contributed by atoms with Gasteiger partial charge in [-0.15, -0.1) is 0 Å². The highest BCUT2D eigenvalue weighted by Gasteiger charge is 2.45. The maximum absolute atomic E-state index is 16.2. The maximum atomic E-state index is 16.2. The average molecular weight is 1480 g/mol. The highest BCUT2D eigenvalue weighted by Crippen LogP contribution is 2.57. The second-order valence-electron chi connectivity index (χ2n) is 28.5. The number of ether oxygens (including phenoxy) is 3. The third-order valence-corrected chi connectivity index (χ3v) is 26.5. The Labute approximate surface area is 598 Å². The highest BCUT2D eigenvalue weighted by atomic mass is 31.2. The molecule has 6 heterocycles. The average Bonchev–Trinajstić information content (AvgIpc) is 1.76. The first-order chi connectivity index (χ1) is 47.9. The van der Waals surface area contributed by atoms with Crippen LogP contribution in [0.4, 0.5) is 0 Å². The van der Waals surface area contributed by atoms with Crippen molar-refractivity contribution in [3.63, 3.8) is 0 Å². The number of unbranched alkanes of at least 4 members (excludes halogenated alkanes) is 30. The van der Waals surface area contributed by atoms with Gasteiger partial charge in [-0.05, 0) is 32.1 Å². The van der Waals surface area contributed by atoms with Crippen molar-refractivity contribution in [1.82, 2.24) is 43.4 Å². The first-order valence-electron chi connectivity index (χ1n) is 39.3. The van der Waals surface area contributed by atoms with Crippen LogP contribution in [-0.2, 0) is 50.6 Å². The van der Waals surface area contributed by atoms with Gasteiger partial charge < -0.3 is 67.6 Å².